The Morgan fingerprint density at radius 1 is 1.46 bits per heavy atom. The zero-order chi connectivity index (χ0) is 10.3. The molecule has 0 rings (SSSR count). The summed E-state index contributed by atoms with van der Waals surface area (Å²) in [6, 6.07) is 0. The largest absolute Gasteiger partial charge is 0.368 e. The Balaban J connectivity index is 4.07. The molecule has 3 nitrogen and oxygen atoms in total. The first-order valence-corrected chi connectivity index (χ1v) is 4.50. The summed E-state index contributed by atoms with van der Waals surface area (Å²) in [7, 11) is 0. The molecule has 0 saturated heterocycles. The van der Waals surface area contributed by atoms with E-state index in [1.54, 1.807) is 6.08 Å². The van der Waals surface area contributed by atoms with Gasteiger partial charge in [-0.3, -0.25) is 4.79 Å². The van der Waals surface area contributed by atoms with E-state index in [4.69, 9.17) is 0 Å². The Morgan fingerprint density at radius 2 is 2.00 bits per heavy atom. The second kappa shape index (κ2) is 6.29. The van der Waals surface area contributed by atoms with Crippen LogP contribution < -0.4 is 5.32 Å². The van der Waals surface area contributed by atoms with Gasteiger partial charge < -0.3 is 10.2 Å². The first-order valence-electron chi connectivity index (χ1n) is 4.50. The fraction of sp³-hybridized carbons (Fsp3) is 0.500. The summed E-state index contributed by atoms with van der Waals surface area (Å²) in [5, 5.41) is 2.68. The second-order valence-corrected chi connectivity index (χ2v) is 2.62. The summed E-state index contributed by atoms with van der Waals surface area (Å²) in [5.74, 6) is -0.122. The maximum absolute atomic E-state index is 11.4. The Kier molecular flexibility index (Phi) is 5.68. The second-order valence-electron chi connectivity index (χ2n) is 2.62. The van der Waals surface area contributed by atoms with Gasteiger partial charge in [0.15, 0.2) is 0 Å². The van der Waals surface area contributed by atoms with E-state index in [9.17, 15) is 4.79 Å². The van der Waals surface area contributed by atoms with E-state index >= 15 is 0 Å². The molecule has 0 radical (unpaired) electrons. The van der Waals surface area contributed by atoms with Crippen molar-refractivity contribution in [2.24, 2.45) is 0 Å². The summed E-state index contributed by atoms with van der Waals surface area (Å²) < 4.78 is 0. The Morgan fingerprint density at radius 3 is 2.38 bits per heavy atom. The first-order chi connectivity index (χ1) is 6.17. The molecule has 0 aliphatic carbocycles. The van der Waals surface area contributed by atoms with Crippen molar-refractivity contribution in [2.45, 2.75) is 13.8 Å². The van der Waals surface area contributed by atoms with Crippen LogP contribution in [0.3, 0.4) is 0 Å². The fourth-order valence-corrected chi connectivity index (χ4v) is 1.02. The minimum Gasteiger partial charge on any atom is -0.368 e. The van der Waals surface area contributed by atoms with Gasteiger partial charge in [0.25, 0.3) is 5.91 Å². The third-order valence-corrected chi connectivity index (χ3v) is 1.81. The molecular weight excluding hydrogens is 164 g/mol. The van der Waals surface area contributed by atoms with Gasteiger partial charge in [0.05, 0.1) is 5.70 Å². The number of hydrogen-bond donors (Lipinski definition) is 1. The molecule has 0 atom stereocenters. The van der Waals surface area contributed by atoms with Gasteiger partial charge in [0.2, 0.25) is 0 Å². The maximum atomic E-state index is 11.4. The van der Waals surface area contributed by atoms with Gasteiger partial charge in [-0.1, -0.05) is 12.7 Å². The lowest BCUT2D eigenvalue weighted by Gasteiger charge is -2.22. The van der Waals surface area contributed by atoms with Gasteiger partial charge in [-0.15, -0.1) is 6.58 Å². The minimum atomic E-state index is -0.122. The van der Waals surface area contributed by atoms with Gasteiger partial charge in [0.1, 0.15) is 0 Å². The monoisotopic (exact) mass is 182 g/mol. The lowest BCUT2D eigenvalue weighted by molar-refractivity contribution is -0.118. The average Bonchev–Trinajstić information content (AvgIpc) is 2.15. The van der Waals surface area contributed by atoms with E-state index in [1.807, 2.05) is 18.7 Å². The zero-order valence-corrected chi connectivity index (χ0v) is 8.47. The van der Waals surface area contributed by atoms with E-state index in [0.29, 0.717) is 12.2 Å². The normalized spacial score (nSPS) is 9.08. The molecule has 74 valence electrons. The van der Waals surface area contributed by atoms with Crippen LogP contribution in [0.15, 0.2) is 24.9 Å². The van der Waals surface area contributed by atoms with Crippen LogP contribution in [0.1, 0.15) is 13.8 Å². The molecule has 1 N–H and O–H groups in total. The van der Waals surface area contributed by atoms with Gasteiger partial charge in [0, 0.05) is 19.6 Å². The van der Waals surface area contributed by atoms with Gasteiger partial charge in [-0.05, 0) is 13.8 Å². The number of carbonyl (C=O) groups excluding carboxylic acids is 1. The van der Waals surface area contributed by atoms with E-state index in [0.717, 1.165) is 13.1 Å². The zero-order valence-electron chi connectivity index (χ0n) is 8.47. The summed E-state index contributed by atoms with van der Waals surface area (Å²) in [4.78, 5) is 13.3. The third kappa shape index (κ3) is 3.78. The van der Waals surface area contributed by atoms with E-state index in [1.165, 1.54) is 0 Å². The number of nitrogens with one attached hydrogen (secondary N) is 1. The van der Waals surface area contributed by atoms with Crippen LogP contribution in [0.5, 0.6) is 0 Å². The molecule has 13 heavy (non-hydrogen) atoms. The topological polar surface area (TPSA) is 32.3 Å². The van der Waals surface area contributed by atoms with Crippen molar-refractivity contribution in [3.8, 4) is 0 Å². The van der Waals surface area contributed by atoms with E-state index < -0.39 is 0 Å². The summed E-state index contributed by atoms with van der Waals surface area (Å²) in [5.41, 5.74) is 0.520. The highest BCUT2D eigenvalue weighted by Gasteiger charge is 2.10. The smallest absolute Gasteiger partial charge is 0.267 e. The average molecular weight is 182 g/mol. The fourth-order valence-electron chi connectivity index (χ4n) is 1.02. The summed E-state index contributed by atoms with van der Waals surface area (Å²) in [6.45, 7) is 13.3. The SMILES string of the molecule is C=CCNC(=O)C(=C)N(CC)CC. The number of hydrogen-bond acceptors (Lipinski definition) is 2. The van der Waals surface area contributed by atoms with Crippen molar-refractivity contribution in [3.05, 3.63) is 24.9 Å². The molecule has 0 fully saturated rings. The predicted octanol–water partition coefficient (Wildman–Crippen LogP) is 1.14. The van der Waals surface area contributed by atoms with Crippen LogP contribution in [-0.4, -0.2) is 30.4 Å². The number of carbonyl (C=O) groups is 1. The molecule has 0 aliphatic rings. The van der Waals surface area contributed by atoms with Gasteiger partial charge >= 0.3 is 0 Å². The third-order valence-electron chi connectivity index (χ3n) is 1.81. The molecule has 0 unspecified atom stereocenters. The molecule has 0 aromatic rings. The van der Waals surface area contributed by atoms with Crippen molar-refractivity contribution in [1.82, 2.24) is 10.2 Å². The van der Waals surface area contributed by atoms with Crippen LogP contribution >= 0.6 is 0 Å². The summed E-state index contributed by atoms with van der Waals surface area (Å²) in [6.07, 6.45) is 1.65. The highest BCUT2D eigenvalue weighted by Crippen LogP contribution is 1.99. The number of amides is 1. The molecule has 0 aliphatic heterocycles. The van der Waals surface area contributed by atoms with E-state index in [2.05, 4.69) is 18.5 Å². The molecule has 0 aromatic carbocycles. The standard InChI is InChI=1S/C10H18N2O/c1-5-8-11-10(13)9(4)12(6-2)7-3/h5H,1,4,6-8H2,2-3H3,(H,11,13). The van der Waals surface area contributed by atoms with Crippen LogP contribution in [0, 0.1) is 0 Å². The van der Waals surface area contributed by atoms with Crippen LogP contribution in [-0.2, 0) is 4.79 Å². The maximum Gasteiger partial charge on any atom is 0.267 e. The molecular formula is C10H18N2O. The first kappa shape index (κ1) is 11.8. The van der Waals surface area contributed by atoms with Gasteiger partial charge in [-0.25, -0.2) is 0 Å². The van der Waals surface area contributed by atoms with Crippen molar-refractivity contribution < 1.29 is 4.79 Å². The van der Waals surface area contributed by atoms with Crippen LogP contribution in [0.2, 0.25) is 0 Å². The Bertz CT molecular complexity index is 195. The molecule has 0 saturated carbocycles. The molecule has 0 bridgehead atoms. The van der Waals surface area contributed by atoms with Crippen molar-refractivity contribution in [1.29, 1.82) is 0 Å². The quantitative estimate of drug-likeness (QED) is 0.493. The molecule has 0 aromatic heterocycles. The van der Waals surface area contributed by atoms with Gasteiger partial charge in [-0.2, -0.15) is 0 Å². The molecule has 3 heteroatoms. The van der Waals surface area contributed by atoms with Crippen molar-refractivity contribution in [2.75, 3.05) is 19.6 Å². The Hall–Kier alpha value is -1.25. The van der Waals surface area contributed by atoms with Crippen molar-refractivity contribution in [3.63, 3.8) is 0 Å². The number of nitrogens with zero attached hydrogens (tertiary/aromatic N) is 1. The molecule has 0 heterocycles. The van der Waals surface area contributed by atoms with Crippen molar-refractivity contribution >= 4 is 5.91 Å². The highest BCUT2D eigenvalue weighted by atomic mass is 16.2. The molecule has 1 amide bonds. The predicted molar refractivity (Wildman–Crippen MR) is 55.3 cm³/mol. The molecule has 0 spiro atoms. The summed E-state index contributed by atoms with van der Waals surface area (Å²) >= 11 is 0. The van der Waals surface area contributed by atoms with Crippen LogP contribution in [0.25, 0.3) is 0 Å². The van der Waals surface area contributed by atoms with E-state index in [-0.39, 0.29) is 5.91 Å². The lowest BCUT2D eigenvalue weighted by atomic mass is 10.3. The number of likely N-dealkylation sites (N-methyl/N-ethyl adjacent to an activating group) is 1. The Labute approximate surface area is 80.1 Å². The van der Waals surface area contributed by atoms with Crippen LogP contribution in [0.4, 0.5) is 0 Å². The minimum absolute atomic E-state index is 0.122. The highest BCUT2D eigenvalue weighted by molar-refractivity contribution is 5.92. The lowest BCUT2D eigenvalue weighted by Crippen LogP contribution is -2.34. The number of rotatable bonds is 6.